The van der Waals surface area contributed by atoms with Gasteiger partial charge in [-0.25, -0.2) is 0 Å². The highest BCUT2D eigenvalue weighted by Gasteiger charge is 2.05. The van der Waals surface area contributed by atoms with Gasteiger partial charge in [-0.05, 0) is 37.4 Å². The minimum atomic E-state index is 0.422. The van der Waals surface area contributed by atoms with Crippen molar-refractivity contribution in [2.24, 2.45) is 0 Å². The van der Waals surface area contributed by atoms with E-state index in [0.29, 0.717) is 35.6 Å². The van der Waals surface area contributed by atoms with Crippen molar-refractivity contribution in [2.75, 3.05) is 20.3 Å². The Labute approximate surface area is 134 Å². The molecule has 21 heavy (non-hydrogen) atoms. The molecule has 2 aromatic rings. The van der Waals surface area contributed by atoms with Gasteiger partial charge in [-0.3, -0.25) is 0 Å². The average Bonchev–Trinajstić information content (AvgIpc) is 2.47. The third-order valence-corrected chi connectivity index (χ3v) is 3.37. The Hall–Kier alpha value is -1.42. The maximum absolute atomic E-state index is 6.02. The summed E-state index contributed by atoms with van der Waals surface area (Å²) in [6, 6.07) is 12.9. The molecule has 0 saturated carbocycles. The van der Waals surface area contributed by atoms with Crippen molar-refractivity contribution in [3.05, 3.63) is 58.1 Å². The van der Waals surface area contributed by atoms with Crippen molar-refractivity contribution in [3.63, 3.8) is 0 Å². The molecule has 2 rings (SSSR count). The van der Waals surface area contributed by atoms with Crippen LogP contribution in [-0.2, 0) is 6.54 Å². The number of rotatable bonds is 7. The van der Waals surface area contributed by atoms with Crippen LogP contribution in [0.1, 0.15) is 5.56 Å². The smallest absolute Gasteiger partial charge is 0.138 e. The van der Waals surface area contributed by atoms with E-state index < -0.39 is 0 Å². The van der Waals surface area contributed by atoms with Crippen LogP contribution in [0.2, 0.25) is 10.0 Å². The van der Waals surface area contributed by atoms with E-state index >= 15 is 0 Å². The standard InChI is InChI=1S/C16H17Cl2NO2/c1-19-11-12-10-13(17)6-7-15(12)20-8-9-21-16-5-3-2-4-14(16)18/h2-7,10,19H,8-9,11H2,1H3. The van der Waals surface area contributed by atoms with E-state index in [0.717, 1.165) is 11.3 Å². The van der Waals surface area contributed by atoms with Crippen molar-refractivity contribution in [2.45, 2.75) is 6.54 Å². The zero-order valence-electron chi connectivity index (χ0n) is 11.7. The number of ether oxygens (including phenoxy) is 2. The van der Waals surface area contributed by atoms with Crippen LogP contribution in [0.3, 0.4) is 0 Å². The van der Waals surface area contributed by atoms with Gasteiger partial charge in [-0.2, -0.15) is 0 Å². The van der Waals surface area contributed by atoms with Gasteiger partial charge in [0.25, 0.3) is 0 Å². The topological polar surface area (TPSA) is 30.5 Å². The highest BCUT2D eigenvalue weighted by atomic mass is 35.5. The average molecular weight is 326 g/mol. The normalized spacial score (nSPS) is 10.4. The zero-order chi connectivity index (χ0) is 15.1. The van der Waals surface area contributed by atoms with Crippen molar-refractivity contribution in [1.29, 1.82) is 0 Å². The summed E-state index contributed by atoms with van der Waals surface area (Å²) in [5.74, 6) is 1.46. The Balaban J connectivity index is 1.87. The molecule has 3 nitrogen and oxygen atoms in total. The Bertz CT molecular complexity index is 590. The molecule has 0 amide bonds. The van der Waals surface area contributed by atoms with Crippen LogP contribution in [0, 0.1) is 0 Å². The summed E-state index contributed by atoms with van der Waals surface area (Å²) in [6.07, 6.45) is 0. The maximum atomic E-state index is 6.02. The van der Waals surface area contributed by atoms with Gasteiger partial charge in [0.05, 0.1) is 5.02 Å². The van der Waals surface area contributed by atoms with Crippen LogP contribution >= 0.6 is 23.2 Å². The second kappa shape index (κ2) is 8.13. The van der Waals surface area contributed by atoms with Crippen molar-refractivity contribution < 1.29 is 9.47 Å². The zero-order valence-corrected chi connectivity index (χ0v) is 13.2. The molecule has 112 valence electrons. The lowest BCUT2D eigenvalue weighted by molar-refractivity contribution is 0.216. The van der Waals surface area contributed by atoms with Gasteiger partial charge in [-0.15, -0.1) is 0 Å². The lowest BCUT2D eigenvalue weighted by atomic mass is 10.2. The molecule has 5 heteroatoms. The van der Waals surface area contributed by atoms with Gasteiger partial charge in [-0.1, -0.05) is 35.3 Å². The molecule has 0 spiro atoms. The molecule has 0 fully saturated rings. The van der Waals surface area contributed by atoms with Crippen LogP contribution in [0.4, 0.5) is 0 Å². The van der Waals surface area contributed by atoms with E-state index in [4.69, 9.17) is 32.7 Å². The Morgan fingerprint density at radius 1 is 0.952 bits per heavy atom. The van der Waals surface area contributed by atoms with Gasteiger partial charge in [0, 0.05) is 17.1 Å². The molecule has 0 saturated heterocycles. The molecule has 0 unspecified atom stereocenters. The molecule has 0 heterocycles. The minimum Gasteiger partial charge on any atom is -0.490 e. The third-order valence-electron chi connectivity index (χ3n) is 2.82. The summed E-state index contributed by atoms with van der Waals surface area (Å²) in [5.41, 5.74) is 1.02. The van der Waals surface area contributed by atoms with Crippen LogP contribution in [0.25, 0.3) is 0 Å². The monoisotopic (exact) mass is 325 g/mol. The molecule has 1 N–H and O–H groups in total. The Morgan fingerprint density at radius 2 is 1.67 bits per heavy atom. The number of nitrogens with one attached hydrogen (secondary N) is 1. The molecule has 0 aliphatic heterocycles. The summed E-state index contributed by atoms with van der Waals surface area (Å²) < 4.78 is 11.3. The van der Waals surface area contributed by atoms with E-state index in [1.165, 1.54) is 0 Å². The highest BCUT2D eigenvalue weighted by Crippen LogP contribution is 2.24. The van der Waals surface area contributed by atoms with Gasteiger partial charge in [0.15, 0.2) is 0 Å². The molecule has 0 atom stereocenters. The van der Waals surface area contributed by atoms with Crippen LogP contribution < -0.4 is 14.8 Å². The van der Waals surface area contributed by atoms with E-state index in [1.807, 2.05) is 43.4 Å². The van der Waals surface area contributed by atoms with Gasteiger partial charge in [0.2, 0.25) is 0 Å². The third kappa shape index (κ3) is 4.81. The van der Waals surface area contributed by atoms with Crippen molar-refractivity contribution in [3.8, 4) is 11.5 Å². The SMILES string of the molecule is CNCc1cc(Cl)ccc1OCCOc1ccccc1Cl. The fourth-order valence-electron chi connectivity index (χ4n) is 1.88. The maximum Gasteiger partial charge on any atom is 0.138 e. The molecule has 0 bridgehead atoms. The molecular formula is C16H17Cl2NO2. The molecule has 0 aliphatic rings. The van der Waals surface area contributed by atoms with E-state index in [2.05, 4.69) is 5.32 Å². The lowest BCUT2D eigenvalue weighted by Gasteiger charge is -2.13. The first-order valence-corrected chi connectivity index (χ1v) is 7.39. The number of benzene rings is 2. The molecule has 0 radical (unpaired) electrons. The molecule has 0 aromatic heterocycles. The lowest BCUT2D eigenvalue weighted by Crippen LogP contribution is -2.12. The first-order chi connectivity index (χ1) is 10.2. The number of hydrogen-bond acceptors (Lipinski definition) is 3. The fourth-order valence-corrected chi connectivity index (χ4v) is 2.27. The molecule has 2 aromatic carbocycles. The molecule has 0 aliphatic carbocycles. The highest BCUT2D eigenvalue weighted by molar-refractivity contribution is 6.32. The number of para-hydroxylation sites is 1. The van der Waals surface area contributed by atoms with Crippen molar-refractivity contribution >= 4 is 23.2 Å². The first kappa shape index (κ1) is 16.0. The van der Waals surface area contributed by atoms with Gasteiger partial charge < -0.3 is 14.8 Å². The van der Waals surface area contributed by atoms with Crippen LogP contribution in [-0.4, -0.2) is 20.3 Å². The number of hydrogen-bond donors (Lipinski definition) is 1. The van der Waals surface area contributed by atoms with Crippen molar-refractivity contribution in [1.82, 2.24) is 5.32 Å². The Kier molecular flexibility index (Phi) is 6.18. The second-order valence-electron chi connectivity index (χ2n) is 4.41. The van der Waals surface area contributed by atoms with E-state index in [1.54, 1.807) is 6.07 Å². The quantitative estimate of drug-likeness (QED) is 0.775. The summed E-state index contributed by atoms with van der Waals surface area (Å²) >= 11 is 12.0. The second-order valence-corrected chi connectivity index (χ2v) is 5.25. The van der Waals surface area contributed by atoms with Gasteiger partial charge in [0.1, 0.15) is 24.7 Å². The summed E-state index contributed by atoms with van der Waals surface area (Å²) in [7, 11) is 1.88. The van der Waals surface area contributed by atoms with Crippen LogP contribution in [0.15, 0.2) is 42.5 Å². The van der Waals surface area contributed by atoms with Gasteiger partial charge >= 0.3 is 0 Å². The number of halogens is 2. The first-order valence-electron chi connectivity index (χ1n) is 6.64. The summed E-state index contributed by atoms with van der Waals surface area (Å²) in [5, 5.41) is 4.38. The van der Waals surface area contributed by atoms with Crippen LogP contribution in [0.5, 0.6) is 11.5 Å². The van der Waals surface area contributed by atoms with E-state index in [-0.39, 0.29) is 0 Å². The predicted molar refractivity (Wildman–Crippen MR) is 86.7 cm³/mol. The van der Waals surface area contributed by atoms with E-state index in [9.17, 15) is 0 Å². The Morgan fingerprint density at radius 3 is 2.38 bits per heavy atom. The predicted octanol–water partition coefficient (Wildman–Crippen LogP) is 4.17. The largest absolute Gasteiger partial charge is 0.490 e. The fraction of sp³-hybridized carbons (Fsp3) is 0.250. The minimum absolute atomic E-state index is 0.422. The summed E-state index contributed by atoms with van der Waals surface area (Å²) in [4.78, 5) is 0. The molecular weight excluding hydrogens is 309 g/mol. The summed E-state index contributed by atoms with van der Waals surface area (Å²) in [6.45, 7) is 1.55.